The van der Waals surface area contributed by atoms with Gasteiger partial charge in [-0.05, 0) is 24.6 Å². The molecule has 0 aliphatic carbocycles. The predicted octanol–water partition coefficient (Wildman–Crippen LogP) is 1.25. The van der Waals surface area contributed by atoms with E-state index >= 15 is 0 Å². The molecule has 1 aromatic carbocycles. The summed E-state index contributed by atoms with van der Waals surface area (Å²) in [5.41, 5.74) is 9.05. The quantitative estimate of drug-likeness (QED) is 0.667. The fourth-order valence-electron chi connectivity index (χ4n) is 2.93. The summed E-state index contributed by atoms with van der Waals surface area (Å²) in [6.07, 6.45) is 3.47. The molecule has 2 heterocycles. The van der Waals surface area contributed by atoms with Gasteiger partial charge in [0, 0.05) is 51.7 Å². The van der Waals surface area contributed by atoms with Crippen molar-refractivity contribution in [2.24, 2.45) is 10.7 Å². The van der Waals surface area contributed by atoms with Crippen molar-refractivity contribution in [1.29, 1.82) is 0 Å². The van der Waals surface area contributed by atoms with Gasteiger partial charge in [-0.15, -0.1) is 0 Å². The second kappa shape index (κ2) is 6.27. The first-order valence-electron chi connectivity index (χ1n) is 7.61. The SMILES string of the molecule is CN=C(N)N1CCN(C(C)c2ccc3nccnc3c2)CC1. The number of hydrogen-bond acceptors (Lipinski definition) is 4. The Morgan fingerprint density at radius 1 is 1.14 bits per heavy atom. The molecule has 1 saturated heterocycles. The molecular formula is C16H22N6. The lowest BCUT2D eigenvalue weighted by atomic mass is 10.1. The lowest BCUT2D eigenvalue weighted by Gasteiger charge is -2.38. The lowest BCUT2D eigenvalue weighted by molar-refractivity contribution is 0.140. The summed E-state index contributed by atoms with van der Waals surface area (Å²) in [7, 11) is 1.74. The largest absolute Gasteiger partial charge is 0.370 e. The molecule has 0 radical (unpaired) electrons. The van der Waals surface area contributed by atoms with Crippen LogP contribution >= 0.6 is 0 Å². The normalized spacial score (nSPS) is 18.6. The molecule has 6 heteroatoms. The number of rotatable bonds is 2. The average Bonchev–Trinajstić information content (AvgIpc) is 2.60. The van der Waals surface area contributed by atoms with E-state index in [4.69, 9.17) is 5.73 Å². The van der Waals surface area contributed by atoms with Crippen LogP contribution in [0.1, 0.15) is 18.5 Å². The predicted molar refractivity (Wildman–Crippen MR) is 88.6 cm³/mol. The number of nitrogens with zero attached hydrogens (tertiary/aromatic N) is 5. The smallest absolute Gasteiger partial charge is 0.191 e. The zero-order chi connectivity index (χ0) is 15.5. The molecule has 1 unspecified atom stereocenters. The summed E-state index contributed by atoms with van der Waals surface area (Å²) >= 11 is 0. The zero-order valence-electron chi connectivity index (χ0n) is 13.1. The molecule has 1 atom stereocenters. The van der Waals surface area contributed by atoms with E-state index in [1.54, 1.807) is 19.4 Å². The first kappa shape index (κ1) is 14.7. The van der Waals surface area contributed by atoms with Gasteiger partial charge in [0.15, 0.2) is 5.96 Å². The third-order valence-electron chi connectivity index (χ3n) is 4.39. The van der Waals surface area contributed by atoms with Gasteiger partial charge in [-0.1, -0.05) is 6.07 Å². The van der Waals surface area contributed by atoms with Crippen LogP contribution in [-0.4, -0.2) is 59.0 Å². The fraction of sp³-hybridized carbons (Fsp3) is 0.438. The maximum atomic E-state index is 5.88. The number of nitrogens with two attached hydrogens (primary N) is 1. The first-order chi connectivity index (χ1) is 10.7. The van der Waals surface area contributed by atoms with Gasteiger partial charge in [-0.25, -0.2) is 0 Å². The lowest BCUT2D eigenvalue weighted by Crippen LogP contribution is -2.51. The highest BCUT2D eigenvalue weighted by molar-refractivity contribution is 5.78. The molecular weight excluding hydrogens is 276 g/mol. The van der Waals surface area contributed by atoms with E-state index in [1.807, 2.05) is 6.07 Å². The van der Waals surface area contributed by atoms with Crippen molar-refractivity contribution in [3.8, 4) is 0 Å². The van der Waals surface area contributed by atoms with Crippen LogP contribution in [0.25, 0.3) is 11.0 Å². The molecule has 116 valence electrons. The molecule has 1 aromatic heterocycles. The van der Waals surface area contributed by atoms with Crippen molar-refractivity contribution >= 4 is 17.0 Å². The maximum absolute atomic E-state index is 5.88. The molecule has 2 aromatic rings. The van der Waals surface area contributed by atoms with Crippen molar-refractivity contribution in [2.75, 3.05) is 33.2 Å². The van der Waals surface area contributed by atoms with Crippen LogP contribution in [0.2, 0.25) is 0 Å². The number of aromatic nitrogens is 2. The molecule has 3 rings (SSSR count). The minimum Gasteiger partial charge on any atom is -0.370 e. The van der Waals surface area contributed by atoms with E-state index in [0.29, 0.717) is 12.0 Å². The molecule has 1 aliphatic heterocycles. The summed E-state index contributed by atoms with van der Waals surface area (Å²) in [5, 5.41) is 0. The molecule has 0 spiro atoms. The van der Waals surface area contributed by atoms with Gasteiger partial charge in [0.1, 0.15) is 0 Å². The van der Waals surface area contributed by atoms with Gasteiger partial charge in [0.05, 0.1) is 11.0 Å². The summed E-state index contributed by atoms with van der Waals surface area (Å²) in [5.74, 6) is 0.633. The topological polar surface area (TPSA) is 70.6 Å². The van der Waals surface area contributed by atoms with Crippen LogP contribution in [0.5, 0.6) is 0 Å². The number of guanidine groups is 1. The molecule has 1 aliphatic rings. The summed E-state index contributed by atoms with van der Waals surface area (Å²) in [4.78, 5) is 17.4. The Kier molecular flexibility index (Phi) is 4.20. The Labute approximate surface area is 130 Å². The number of benzene rings is 1. The van der Waals surface area contributed by atoms with Gasteiger partial charge >= 0.3 is 0 Å². The molecule has 6 nitrogen and oxygen atoms in total. The minimum atomic E-state index is 0.355. The first-order valence-corrected chi connectivity index (χ1v) is 7.61. The van der Waals surface area contributed by atoms with Crippen LogP contribution in [0.3, 0.4) is 0 Å². The second-order valence-electron chi connectivity index (χ2n) is 5.59. The highest BCUT2D eigenvalue weighted by Gasteiger charge is 2.23. The highest BCUT2D eigenvalue weighted by Crippen LogP contribution is 2.23. The Morgan fingerprint density at radius 2 is 1.82 bits per heavy atom. The zero-order valence-corrected chi connectivity index (χ0v) is 13.1. The number of hydrogen-bond donors (Lipinski definition) is 1. The van der Waals surface area contributed by atoms with Gasteiger partial charge in [0.2, 0.25) is 0 Å². The van der Waals surface area contributed by atoms with Gasteiger partial charge in [-0.2, -0.15) is 0 Å². The fourth-order valence-corrected chi connectivity index (χ4v) is 2.93. The van der Waals surface area contributed by atoms with Gasteiger partial charge < -0.3 is 10.6 Å². The molecule has 0 amide bonds. The Morgan fingerprint density at radius 3 is 2.50 bits per heavy atom. The van der Waals surface area contributed by atoms with E-state index in [1.165, 1.54) is 5.56 Å². The third-order valence-corrected chi connectivity index (χ3v) is 4.39. The van der Waals surface area contributed by atoms with Crippen molar-refractivity contribution in [2.45, 2.75) is 13.0 Å². The van der Waals surface area contributed by atoms with Crippen molar-refractivity contribution < 1.29 is 0 Å². The van der Waals surface area contributed by atoms with E-state index in [9.17, 15) is 0 Å². The Balaban J connectivity index is 1.72. The molecule has 22 heavy (non-hydrogen) atoms. The number of aliphatic imine (C=N–C) groups is 1. The summed E-state index contributed by atoms with van der Waals surface area (Å²) in [6, 6.07) is 6.69. The second-order valence-corrected chi connectivity index (χ2v) is 5.59. The van der Waals surface area contributed by atoms with E-state index in [-0.39, 0.29) is 0 Å². The molecule has 0 bridgehead atoms. The van der Waals surface area contributed by atoms with Crippen LogP contribution < -0.4 is 5.73 Å². The standard InChI is InChI=1S/C16H22N6/c1-12(21-7-9-22(10-8-21)16(17)18-2)13-3-4-14-15(11-13)20-6-5-19-14/h3-6,11-12H,7-10H2,1-2H3,(H2,17,18). The average molecular weight is 298 g/mol. The van der Waals surface area contributed by atoms with Crippen LogP contribution in [-0.2, 0) is 0 Å². The summed E-state index contributed by atoms with van der Waals surface area (Å²) < 4.78 is 0. The van der Waals surface area contributed by atoms with Crippen LogP contribution in [0.15, 0.2) is 35.6 Å². The van der Waals surface area contributed by atoms with E-state index in [0.717, 1.165) is 37.2 Å². The maximum Gasteiger partial charge on any atom is 0.191 e. The molecule has 0 saturated carbocycles. The van der Waals surface area contributed by atoms with Crippen molar-refractivity contribution in [3.05, 3.63) is 36.2 Å². The monoisotopic (exact) mass is 298 g/mol. The van der Waals surface area contributed by atoms with Crippen molar-refractivity contribution in [3.63, 3.8) is 0 Å². The number of fused-ring (bicyclic) bond motifs is 1. The molecule has 1 fully saturated rings. The number of piperazine rings is 1. The van der Waals surface area contributed by atoms with E-state index in [2.05, 4.69) is 43.8 Å². The van der Waals surface area contributed by atoms with Crippen molar-refractivity contribution in [1.82, 2.24) is 19.8 Å². The van der Waals surface area contributed by atoms with Crippen LogP contribution in [0.4, 0.5) is 0 Å². The summed E-state index contributed by atoms with van der Waals surface area (Å²) in [6.45, 7) is 6.04. The Hall–Kier alpha value is -2.21. The van der Waals surface area contributed by atoms with Gasteiger partial charge in [-0.3, -0.25) is 19.9 Å². The minimum absolute atomic E-state index is 0.355. The van der Waals surface area contributed by atoms with Crippen LogP contribution in [0, 0.1) is 0 Å². The van der Waals surface area contributed by atoms with E-state index < -0.39 is 0 Å². The highest BCUT2D eigenvalue weighted by atomic mass is 15.3. The molecule has 2 N–H and O–H groups in total. The third kappa shape index (κ3) is 2.87. The van der Waals surface area contributed by atoms with Gasteiger partial charge in [0.25, 0.3) is 0 Å². The Bertz CT molecular complexity index is 675.